The molecule has 0 unspecified atom stereocenters. The van der Waals surface area contributed by atoms with Crippen molar-refractivity contribution >= 4 is 29.4 Å². The molecule has 1 N–H and O–H groups in total. The summed E-state index contributed by atoms with van der Waals surface area (Å²) in [5.74, 6) is 0.420. The van der Waals surface area contributed by atoms with E-state index in [9.17, 15) is 0 Å². The smallest absolute Gasteiger partial charge is 0.157 e. The largest absolute Gasteiger partial charge is 0.486 e. The Morgan fingerprint density at radius 2 is 1.75 bits per heavy atom. The molecular formula is C15H13Cl2NO2. The van der Waals surface area contributed by atoms with Crippen molar-refractivity contribution in [2.45, 2.75) is 13.5 Å². The third-order valence-electron chi connectivity index (χ3n) is 2.73. The molecule has 2 aromatic rings. The second-order valence-corrected chi connectivity index (χ2v) is 5.15. The highest BCUT2D eigenvalue weighted by atomic mass is 35.5. The predicted octanol–water partition coefficient (Wildman–Crippen LogP) is 4.69. The number of hydrogen-bond donors (Lipinski definition) is 1. The maximum Gasteiger partial charge on any atom is 0.157 e. The van der Waals surface area contributed by atoms with Gasteiger partial charge in [0.2, 0.25) is 0 Å². The van der Waals surface area contributed by atoms with E-state index in [-0.39, 0.29) is 0 Å². The summed E-state index contributed by atoms with van der Waals surface area (Å²) in [6, 6.07) is 11.3. The highest BCUT2D eigenvalue weighted by Crippen LogP contribution is 2.34. The maximum atomic E-state index is 8.50. The number of rotatable bonds is 4. The summed E-state index contributed by atoms with van der Waals surface area (Å²) in [4.78, 5) is 0. The molecule has 0 saturated heterocycles. The Kier molecular flexibility index (Phi) is 4.88. The molecule has 0 bridgehead atoms. The van der Waals surface area contributed by atoms with Crippen molar-refractivity contribution in [2.24, 2.45) is 5.16 Å². The number of aryl methyl sites for hydroxylation is 1. The number of nitrogens with zero attached hydrogens (tertiary/aromatic N) is 1. The first-order chi connectivity index (χ1) is 9.60. The zero-order valence-corrected chi connectivity index (χ0v) is 12.3. The molecule has 0 aromatic heterocycles. The lowest BCUT2D eigenvalue weighted by atomic mass is 10.2. The lowest BCUT2D eigenvalue weighted by Crippen LogP contribution is -1.97. The Morgan fingerprint density at radius 1 is 1.15 bits per heavy atom. The van der Waals surface area contributed by atoms with Crippen LogP contribution in [0.5, 0.6) is 5.75 Å². The van der Waals surface area contributed by atoms with Crippen LogP contribution in [0.4, 0.5) is 0 Å². The number of benzene rings is 2. The molecule has 0 radical (unpaired) electrons. The topological polar surface area (TPSA) is 41.8 Å². The fraction of sp³-hybridized carbons (Fsp3) is 0.133. The van der Waals surface area contributed by atoms with Gasteiger partial charge in [-0.1, -0.05) is 58.2 Å². The van der Waals surface area contributed by atoms with Gasteiger partial charge in [-0.2, -0.15) is 0 Å². The zero-order valence-electron chi connectivity index (χ0n) is 10.8. The van der Waals surface area contributed by atoms with Crippen molar-refractivity contribution in [2.75, 3.05) is 0 Å². The quantitative estimate of drug-likeness (QED) is 0.506. The molecule has 2 aromatic carbocycles. The second-order valence-electron chi connectivity index (χ2n) is 4.33. The van der Waals surface area contributed by atoms with Crippen LogP contribution < -0.4 is 4.74 Å². The highest BCUT2D eigenvalue weighted by molar-refractivity contribution is 6.37. The van der Waals surface area contributed by atoms with Crippen LogP contribution >= 0.6 is 23.2 Å². The first-order valence-electron chi connectivity index (χ1n) is 5.95. The molecule has 0 spiro atoms. The fourth-order valence-electron chi connectivity index (χ4n) is 1.70. The molecule has 104 valence electrons. The molecule has 20 heavy (non-hydrogen) atoms. The van der Waals surface area contributed by atoms with Crippen molar-refractivity contribution in [3.8, 4) is 5.75 Å². The van der Waals surface area contributed by atoms with Crippen LogP contribution in [0.25, 0.3) is 0 Å². The number of halogens is 2. The van der Waals surface area contributed by atoms with E-state index in [2.05, 4.69) is 5.16 Å². The third-order valence-corrected chi connectivity index (χ3v) is 3.29. The Bertz CT molecular complexity index is 601. The maximum absolute atomic E-state index is 8.50. The van der Waals surface area contributed by atoms with Gasteiger partial charge in [-0.3, -0.25) is 0 Å². The average molecular weight is 310 g/mol. The second kappa shape index (κ2) is 6.64. The van der Waals surface area contributed by atoms with Crippen LogP contribution in [0.2, 0.25) is 10.0 Å². The molecule has 0 aliphatic rings. The summed E-state index contributed by atoms with van der Waals surface area (Å²) >= 11 is 12.2. The van der Waals surface area contributed by atoms with E-state index in [0.717, 1.165) is 5.56 Å². The average Bonchev–Trinajstić information content (AvgIpc) is 2.40. The number of hydrogen-bond acceptors (Lipinski definition) is 3. The molecule has 0 atom stereocenters. The molecule has 0 aliphatic carbocycles. The minimum Gasteiger partial charge on any atom is -0.486 e. The predicted molar refractivity (Wildman–Crippen MR) is 81.4 cm³/mol. The molecule has 0 heterocycles. The first-order valence-corrected chi connectivity index (χ1v) is 6.70. The molecule has 0 saturated carbocycles. The van der Waals surface area contributed by atoms with E-state index in [0.29, 0.717) is 28.0 Å². The van der Waals surface area contributed by atoms with Crippen molar-refractivity contribution < 1.29 is 9.94 Å². The Balaban J connectivity index is 2.15. The summed E-state index contributed by atoms with van der Waals surface area (Å²) in [6.07, 6.45) is 1.25. The Labute approximate surface area is 127 Å². The van der Waals surface area contributed by atoms with Gasteiger partial charge in [0.25, 0.3) is 0 Å². The van der Waals surface area contributed by atoms with Gasteiger partial charge in [0.1, 0.15) is 6.61 Å². The van der Waals surface area contributed by atoms with Crippen LogP contribution in [-0.2, 0) is 6.61 Å². The Morgan fingerprint density at radius 3 is 2.30 bits per heavy atom. The zero-order chi connectivity index (χ0) is 14.5. The summed E-state index contributed by atoms with van der Waals surface area (Å²) in [7, 11) is 0. The Hall–Kier alpha value is -1.71. The van der Waals surface area contributed by atoms with Gasteiger partial charge in [0.15, 0.2) is 5.75 Å². The number of oxime groups is 1. The van der Waals surface area contributed by atoms with E-state index < -0.39 is 0 Å². The van der Waals surface area contributed by atoms with Crippen LogP contribution in [-0.4, -0.2) is 11.4 Å². The molecule has 3 nitrogen and oxygen atoms in total. The van der Waals surface area contributed by atoms with Crippen molar-refractivity contribution in [1.82, 2.24) is 0 Å². The van der Waals surface area contributed by atoms with Gasteiger partial charge in [0.05, 0.1) is 16.3 Å². The summed E-state index contributed by atoms with van der Waals surface area (Å²) in [6.45, 7) is 2.41. The molecule has 5 heteroatoms. The monoisotopic (exact) mass is 309 g/mol. The van der Waals surface area contributed by atoms with Gasteiger partial charge in [-0.25, -0.2) is 0 Å². The van der Waals surface area contributed by atoms with Gasteiger partial charge in [-0.05, 0) is 30.2 Å². The number of ether oxygens (including phenoxy) is 1. The van der Waals surface area contributed by atoms with Crippen molar-refractivity contribution in [1.29, 1.82) is 0 Å². The summed E-state index contributed by atoms with van der Waals surface area (Å²) < 4.78 is 5.66. The highest BCUT2D eigenvalue weighted by Gasteiger charge is 2.09. The van der Waals surface area contributed by atoms with E-state index in [1.54, 1.807) is 12.1 Å². The molecule has 0 aliphatic heterocycles. The molecular weight excluding hydrogens is 297 g/mol. The molecule has 0 amide bonds. The summed E-state index contributed by atoms with van der Waals surface area (Å²) in [5, 5.41) is 12.2. The fourth-order valence-corrected chi connectivity index (χ4v) is 2.31. The molecule has 0 fully saturated rings. The summed E-state index contributed by atoms with van der Waals surface area (Å²) in [5.41, 5.74) is 2.83. The van der Waals surface area contributed by atoms with E-state index >= 15 is 0 Å². The standard InChI is InChI=1S/C15H13Cl2NO2/c1-10-2-4-11(5-3-10)9-20-15-13(16)6-12(8-18-19)7-14(15)17/h2-8,19H,9H2,1H3/b18-8+. The van der Waals surface area contributed by atoms with Crippen molar-refractivity contribution in [3.63, 3.8) is 0 Å². The first kappa shape index (κ1) is 14.7. The minimum absolute atomic E-state index is 0.375. The minimum atomic E-state index is 0.375. The van der Waals surface area contributed by atoms with Gasteiger partial charge >= 0.3 is 0 Å². The van der Waals surface area contributed by atoms with E-state index in [4.69, 9.17) is 33.1 Å². The van der Waals surface area contributed by atoms with Crippen LogP contribution in [0, 0.1) is 6.92 Å². The van der Waals surface area contributed by atoms with Crippen LogP contribution in [0.3, 0.4) is 0 Å². The van der Waals surface area contributed by atoms with Crippen LogP contribution in [0.1, 0.15) is 16.7 Å². The van der Waals surface area contributed by atoms with E-state index in [1.165, 1.54) is 11.8 Å². The van der Waals surface area contributed by atoms with Gasteiger partial charge in [0, 0.05) is 0 Å². The van der Waals surface area contributed by atoms with E-state index in [1.807, 2.05) is 31.2 Å². The molecule has 2 rings (SSSR count). The normalized spacial score (nSPS) is 10.9. The van der Waals surface area contributed by atoms with Crippen molar-refractivity contribution in [3.05, 3.63) is 63.1 Å². The van der Waals surface area contributed by atoms with Crippen LogP contribution in [0.15, 0.2) is 41.6 Å². The lowest BCUT2D eigenvalue weighted by molar-refractivity contribution is 0.306. The van der Waals surface area contributed by atoms with Gasteiger partial charge < -0.3 is 9.94 Å². The third kappa shape index (κ3) is 3.65. The SMILES string of the molecule is Cc1ccc(COc2c(Cl)cc(/C=N/O)cc2Cl)cc1. The lowest BCUT2D eigenvalue weighted by Gasteiger charge is -2.11. The van der Waals surface area contributed by atoms with Gasteiger partial charge in [-0.15, -0.1) is 0 Å².